The molecule has 2 heterocycles. The summed E-state index contributed by atoms with van der Waals surface area (Å²) in [5.41, 5.74) is 1.13. The van der Waals surface area contributed by atoms with Crippen molar-refractivity contribution in [1.29, 1.82) is 0 Å². The number of aliphatic hydroxyl groups is 1. The quantitative estimate of drug-likeness (QED) is 0.692. The van der Waals surface area contributed by atoms with Gasteiger partial charge in [-0.05, 0) is 43.7 Å². The summed E-state index contributed by atoms with van der Waals surface area (Å²) in [6.07, 6.45) is 4.80. The normalized spacial score (nSPS) is 21.5. The fraction of sp³-hybridized carbons (Fsp3) is 0.417. The number of rotatable bonds is 6. The number of aliphatic hydroxyl groups excluding tert-OH is 1. The number of hydrogen-bond donors (Lipinski definition) is 1. The number of likely N-dealkylation sites (N-methyl/N-ethyl adjacent to an activating group) is 1. The highest BCUT2D eigenvalue weighted by Gasteiger charge is 2.38. The van der Waals surface area contributed by atoms with E-state index in [4.69, 9.17) is 4.74 Å². The van der Waals surface area contributed by atoms with Gasteiger partial charge >= 0.3 is 0 Å². The Morgan fingerprint density at radius 2 is 2.12 bits per heavy atom. The molecule has 0 saturated carbocycles. The van der Waals surface area contributed by atoms with Crippen molar-refractivity contribution in [3.8, 4) is 5.75 Å². The van der Waals surface area contributed by atoms with Crippen LogP contribution in [0.2, 0.25) is 0 Å². The molecule has 8 nitrogen and oxygen atoms in total. The molecule has 0 unspecified atom stereocenters. The summed E-state index contributed by atoms with van der Waals surface area (Å²) in [7, 11) is -2.22. The molecule has 0 aliphatic carbocycles. The lowest BCUT2D eigenvalue weighted by molar-refractivity contribution is 0.0559. The Kier molecular flexibility index (Phi) is 7.88. The first-order chi connectivity index (χ1) is 15.7. The predicted molar refractivity (Wildman–Crippen MR) is 126 cm³/mol. The zero-order chi connectivity index (χ0) is 24.2. The van der Waals surface area contributed by atoms with Crippen molar-refractivity contribution in [2.75, 3.05) is 26.7 Å². The van der Waals surface area contributed by atoms with E-state index in [0.29, 0.717) is 5.69 Å². The van der Waals surface area contributed by atoms with Crippen molar-refractivity contribution in [2.45, 2.75) is 37.8 Å². The van der Waals surface area contributed by atoms with Crippen LogP contribution in [-0.4, -0.2) is 72.5 Å². The van der Waals surface area contributed by atoms with Crippen molar-refractivity contribution in [3.05, 3.63) is 59.9 Å². The van der Waals surface area contributed by atoms with E-state index in [1.807, 2.05) is 26.0 Å². The Balaban J connectivity index is 2.01. The first kappa shape index (κ1) is 24.9. The lowest BCUT2D eigenvalue weighted by atomic mass is 10.0. The van der Waals surface area contributed by atoms with Gasteiger partial charge in [0.25, 0.3) is 5.91 Å². The lowest BCUT2D eigenvalue weighted by Crippen LogP contribution is -2.50. The highest BCUT2D eigenvalue weighted by Crippen LogP contribution is 2.34. The van der Waals surface area contributed by atoms with Gasteiger partial charge in [0.05, 0.1) is 13.2 Å². The lowest BCUT2D eigenvalue weighted by Gasteiger charge is -2.37. The van der Waals surface area contributed by atoms with Gasteiger partial charge in [-0.15, -0.1) is 0 Å². The standard InChI is InChI=1S/C24H31N3O5S/c1-5-8-19-10-11-23-21(13-19)32-22(15-26(4)24(29)20-9-6-7-12-25-20)17(2)14-27(18(3)16-28)33(23,30)31/h5-13,17-18,22,28H,14-16H2,1-4H3/b8-5+/t17-,18-,22+/m0/s1. The Morgan fingerprint density at radius 1 is 1.36 bits per heavy atom. The predicted octanol–water partition coefficient (Wildman–Crippen LogP) is 2.66. The van der Waals surface area contributed by atoms with Crippen molar-refractivity contribution < 1.29 is 23.1 Å². The van der Waals surface area contributed by atoms with Crippen LogP contribution in [0.25, 0.3) is 6.08 Å². The van der Waals surface area contributed by atoms with Crippen LogP contribution in [0.5, 0.6) is 5.75 Å². The number of carbonyl (C=O) groups is 1. The number of fused-ring (bicyclic) bond motifs is 1. The molecule has 0 radical (unpaired) electrons. The summed E-state index contributed by atoms with van der Waals surface area (Å²) in [6.45, 7) is 5.52. The van der Waals surface area contributed by atoms with Crippen molar-refractivity contribution in [1.82, 2.24) is 14.2 Å². The Labute approximate surface area is 195 Å². The Bertz CT molecular complexity index is 1100. The molecule has 0 bridgehead atoms. The number of pyridine rings is 1. The van der Waals surface area contributed by atoms with Crippen LogP contribution in [-0.2, 0) is 10.0 Å². The second-order valence-corrected chi connectivity index (χ2v) is 10.2. The van der Waals surface area contributed by atoms with Crippen LogP contribution in [0.15, 0.2) is 53.6 Å². The van der Waals surface area contributed by atoms with Gasteiger partial charge in [0.1, 0.15) is 22.4 Å². The number of aromatic nitrogens is 1. The van der Waals surface area contributed by atoms with Crippen LogP contribution in [0, 0.1) is 5.92 Å². The second kappa shape index (κ2) is 10.5. The summed E-state index contributed by atoms with van der Waals surface area (Å²) in [5.74, 6) is -0.271. The molecule has 0 fully saturated rings. The summed E-state index contributed by atoms with van der Waals surface area (Å²) < 4.78 is 34.5. The zero-order valence-electron chi connectivity index (χ0n) is 19.4. The number of allylic oxidation sites excluding steroid dienone is 1. The molecule has 33 heavy (non-hydrogen) atoms. The smallest absolute Gasteiger partial charge is 0.272 e. The highest BCUT2D eigenvalue weighted by atomic mass is 32.2. The van der Waals surface area contributed by atoms with Crippen molar-refractivity contribution >= 4 is 22.0 Å². The van der Waals surface area contributed by atoms with Crippen LogP contribution >= 0.6 is 0 Å². The molecule has 1 aromatic carbocycles. The van der Waals surface area contributed by atoms with E-state index in [9.17, 15) is 18.3 Å². The summed E-state index contributed by atoms with van der Waals surface area (Å²) in [6, 6.07) is 9.49. The molecule has 1 aliphatic rings. The zero-order valence-corrected chi connectivity index (χ0v) is 20.2. The highest BCUT2D eigenvalue weighted by molar-refractivity contribution is 7.89. The van der Waals surface area contributed by atoms with E-state index >= 15 is 0 Å². The van der Waals surface area contributed by atoms with Gasteiger partial charge in [-0.2, -0.15) is 4.31 Å². The molecule has 1 aromatic heterocycles. The van der Waals surface area contributed by atoms with Crippen LogP contribution < -0.4 is 4.74 Å². The third-order valence-electron chi connectivity index (χ3n) is 5.73. The van der Waals surface area contributed by atoms with Gasteiger partial charge in [0.2, 0.25) is 10.0 Å². The van der Waals surface area contributed by atoms with Gasteiger partial charge in [-0.3, -0.25) is 9.78 Å². The molecule has 1 N–H and O–H groups in total. The Hall–Kier alpha value is -2.75. The first-order valence-electron chi connectivity index (χ1n) is 10.9. The number of ether oxygens (including phenoxy) is 1. The van der Waals surface area contributed by atoms with Crippen molar-refractivity contribution in [2.24, 2.45) is 5.92 Å². The molecular weight excluding hydrogens is 442 g/mol. The fourth-order valence-corrected chi connectivity index (χ4v) is 5.62. The third kappa shape index (κ3) is 5.43. The maximum atomic E-state index is 13.5. The summed E-state index contributed by atoms with van der Waals surface area (Å²) >= 11 is 0. The molecule has 2 aromatic rings. The average Bonchev–Trinajstić information content (AvgIpc) is 2.81. The number of nitrogens with zero attached hydrogens (tertiary/aromatic N) is 3. The van der Waals surface area contributed by atoms with Crippen LogP contribution in [0.1, 0.15) is 36.8 Å². The molecule has 3 atom stereocenters. The SMILES string of the molecule is C/C=C/c1ccc2c(c1)O[C@H](CN(C)C(=O)c1ccccn1)[C@@H](C)CN([C@@H](C)CO)S2(=O)=O. The molecule has 0 spiro atoms. The minimum absolute atomic E-state index is 0.0478. The number of hydrogen-bond acceptors (Lipinski definition) is 6. The fourth-order valence-electron chi connectivity index (χ4n) is 3.79. The van der Waals surface area contributed by atoms with E-state index < -0.39 is 22.2 Å². The van der Waals surface area contributed by atoms with Gasteiger partial charge in [-0.25, -0.2) is 8.42 Å². The number of benzene rings is 1. The number of amides is 1. The van der Waals surface area contributed by atoms with Gasteiger partial charge in [0.15, 0.2) is 0 Å². The van der Waals surface area contributed by atoms with Crippen molar-refractivity contribution in [3.63, 3.8) is 0 Å². The molecule has 1 aliphatic heterocycles. The average molecular weight is 474 g/mol. The van der Waals surface area contributed by atoms with Crippen LogP contribution in [0.4, 0.5) is 0 Å². The van der Waals surface area contributed by atoms with E-state index in [1.165, 1.54) is 15.3 Å². The largest absolute Gasteiger partial charge is 0.487 e. The molecule has 3 rings (SSSR count). The topological polar surface area (TPSA) is 100 Å². The molecule has 0 saturated heterocycles. The minimum atomic E-state index is -3.90. The minimum Gasteiger partial charge on any atom is -0.487 e. The van der Waals surface area contributed by atoms with E-state index in [-0.39, 0.29) is 42.2 Å². The number of carbonyl (C=O) groups excluding carboxylic acids is 1. The van der Waals surface area contributed by atoms with Crippen LogP contribution in [0.3, 0.4) is 0 Å². The maximum Gasteiger partial charge on any atom is 0.272 e. The van der Waals surface area contributed by atoms with E-state index in [0.717, 1.165) is 5.56 Å². The number of sulfonamides is 1. The van der Waals surface area contributed by atoms with Gasteiger partial charge < -0.3 is 14.7 Å². The second-order valence-electron chi connectivity index (χ2n) is 8.35. The maximum absolute atomic E-state index is 13.5. The Morgan fingerprint density at radius 3 is 2.76 bits per heavy atom. The van der Waals surface area contributed by atoms with Gasteiger partial charge in [0, 0.05) is 31.7 Å². The molecule has 1 amide bonds. The third-order valence-corrected chi connectivity index (χ3v) is 7.75. The molecular formula is C24H31N3O5S. The molecule has 178 valence electrons. The summed E-state index contributed by atoms with van der Waals surface area (Å²) in [4.78, 5) is 18.6. The first-order valence-corrected chi connectivity index (χ1v) is 12.4. The van der Waals surface area contributed by atoms with Gasteiger partial charge in [-0.1, -0.05) is 31.2 Å². The van der Waals surface area contributed by atoms with E-state index in [2.05, 4.69) is 4.98 Å². The molecule has 9 heteroatoms. The monoisotopic (exact) mass is 473 g/mol. The summed E-state index contributed by atoms with van der Waals surface area (Å²) in [5, 5.41) is 9.73. The van der Waals surface area contributed by atoms with E-state index in [1.54, 1.807) is 50.5 Å².